The Balaban J connectivity index is 1.86. The van der Waals surface area contributed by atoms with E-state index in [1.807, 2.05) is 0 Å². The minimum absolute atomic E-state index is 0.562. The van der Waals surface area contributed by atoms with Crippen molar-refractivity contribution in [2.75, 3.05) is 0 Å². The van der Waals surface area contributed by atoms with Crippen LogP contribution in [0.1, 0.15) is 30.4 Å². The normalized spacial score (nSPS) is 35.5. The monoisotopic (exact) mass is 226 g/mol. The Bertz CT molecular complexity index is 474. The van der Waals surface area contributed by atoms with Gasteiger partial charge in [-0.2, -0.15) is 5.26 Å². The molecule has 0 bridgehead atoms. The molecule has 1 aromatic carbocycles. The average Bonchev–Trinajstić information content (AvgIpc) is 2.36. The fraction of sp³-hybridized carbons (Fsp3) is 0.533. The number of nitrogens with zero attached hydrogens (tertiary/aromatic N) is 1. The van der Waals surface area contributed by atoms with Gasteiger partial charge < -0.3 is 5.73 Å². The maximum absolute atomic E-state index is 9.16. The van der Waals surface area contributed by atoms with Gasteiger partial charge in [0.2, 0.25) is 0 Å². The van der Waals surface area contributed by atoms with Crippen LogP contribution in [-0.2, 0) is 12.8 Å². The Kier molecular flexibility index (Phi) is 2.45. The Morgan fingerprint density at radius 2 is 1.82 bits per heavy atom. The number of hydrogen-bond acceptors (Lipinski definition) is 2. The summed E-state index contributed by atoms with van der Waals surface area (Å²) in [4.78, 5) is 0. The lowest BCUT2D eigenvalue weighted by Gasteiger charge is -2.42. The minimum atomic E-state index is -0.562. The van der Waals surface area contributed by atoms with E-state index in [1.54, 1.807) is 0 Å². The van der Waals surface area contributed by atoms with Crippen molar-refractivity contribution in [1.29, 1.82) is 5.26 Å². The summed E-state index contributed by atoms with van der Waals surface area (Å²) < 4.78 is 0. The highest BCUT2D eigenvalue weighted by atomic mass is 14.8. The van der Waals surface area contributed by atoms with Crippen LogP contribution in [0.25, 0.3) is 0 Å². The first-order valence-corrected chi connectivity index (χ1v) is 6.47. The summed E-state index contributed by atoms with van der Waals surface area (Å²) in [5.41, 5.74) is 8.54. The second-order valence-electron chi connectivity index (χ2n) is 5.71. The zero-order valence-electron chi connectivity index (χ0n) is 10.0. The van der Waals surface area contributed by atoms with Gasteiger partial charge in [-0.3, -0.25) is 0 Å². The maximum atomic E-state index is 9.16. The highest BCUT2D eigenvalue weighted by molar-refractivity contribution is 5.31. The Morgan fingerprint density at radius 3 is 2.47 bits per heavy atom. The molecular formula is C15H18N2. The van der Waals surface area contributed by atoms with Gasteiger partial charge in [0.05, 0.1) is 6.07 Å². The third-order valence-electron chi connectivity index (χ3n) is 4.56. The smallest absolute Gasteiger partial charge is 0.104 e. The van der Waals surface area contributed by atoms with Crippen LogP contribution < -0.4 is 5.73 Å². The molecule has 1 aromatic rings. The van der Waals surface area contributed by atoms with Gasteiger partial charge in [0.1, 0.15) is 5.54 Å². The van der Waals surface area contributed by atoms with Crippen molar-refractivity contribution in [3.05, 3.63) is 35.4 Å². The lowest BCUT2D eigenvalue weighted by atomic mass is 9.64. The molecule has 2 nitrogen and oxygen atoms in total. The molecule has 0 spiro atoms. The van der Waals surface area contributed by atoms with Crippen LogP contribution in [0, 0.1) is 23.2 Å². The van der Waals surface area contributed by atoms with Gasteiger partial charge in [-0.1, -0.05) is 24.3 Å². The molecule has 0 saturated heterocycles. The summed E-state index contributed by atoms with van der Waals surface area (Å²) in [6, 6.07) is 11.0. The van der Waals surface area contributed by atoms with E-state index in [4.69, 9.17) is 11.0 Å². The third kappa shape index (κ3) is 1.85. The third-order valence-corrected chi connectivity index (χ3v) is 4.56. The summed E-state index contributed by atoms with van der Waals surface area (Å²) in [6.07, 6.45) is 5.15. The second-order valence-corrected chi connectivity index (χ2v) is 5.71. The first-order valence-electron chi connectivity index (χ1n) is 6.47. The molecule has 17 heavy (non-hydrogen) atoms. The van der Waals surface area contributed by atoms with E-state index in [-0.39, 0.29) is 0 Å². The Labute approximate surface area is 102 Å². The number of nitrogens with two attached hydrogens (primary N) is 1. The van der Waals surface area contributed by atoms with Gasteiger partial charge in [-0.05, 0) is 55.1 Å². The molecule has 2 heteroatoms. The van der Waals surface area contributed by atoms with E-state index in [0.29, 0.717) is 5.92 Å². The fourth-order valence-corrected chi connectivity index (χ4v) is 3.55. The van der Waals surface area contributed by atoms with Crippen molar-refractivity contribution >= 4 is 0 Å². The highest BCUT2D eigenvalue weighted by Crippen LogP contribution is 2.42. The lowest BCUT2D eigenvalue weighted by Crippen LogP contribution is -2.47. The topological polar surface area (TPSA) is 49.8 Å². The molecule has 0 amide bonds. The predicted octanol–water partition coefficient (Wildman–Crippen LogP) is 2.42. The number of hydrogen-bond donors (Lipinski definition) is 1. The van der Waals surface area contributed by atoms with Crippen LogP contribution in [-0.4, -0.2) is 5.54 Å². The van der Waals surface area contributed by atoms with E-state index >= 15 is 0 Å². The molecule has 0 aliphatic heterocycles. The van der Waals surface area contributed by atoms with E-state index in [9.17, 15) is 0 Å². The van der Waals surface area contributed by atoms with Crippen LogP contribution >= 0.6 is 0 Å². The van der Waals surface area contributed by atoms with Crippen LogP contribution in [0.2, 0.25) is 0 Å². The number of rotatable bonds is 0. The summed E-state index contributed by atoms with van der Waals surface area (Å²) in [6.45, 7) is 0. The van der Waals surface area contributed by atoms with Crippen molar-refractivity contribution < 1.29 is 0 Å². The molecule has 88 valence electrons. The van der Waals surface area contributed by atoms with Crippen LogP contribution in [0.15, 0.2) is 24.3 Å². The summed E-state index contributed by atoms with van der Waals surface area (Å²) in [5, 5.41) is 9.16. The van der Waals surface area contributed by atoms with Crippen molar-refractivity contribution in [2.45, 2.75) is 37.6 Å². The zero-order chi connectivity index (χ0) is 11.9. The first kappa shape index (κ1) is 10.8. The predicted molar refractivity (Wildman–Crippen MR) is 67.2 cm³/mol. The largest absolute Gasteiger partial charge is 0.313 e. The van der Waals surface area contributed by atoms with Crippen LogP contribution in [0.3, 0.4) is 0 Å². The minimum Gasteiger partial charge on any atom is -0.313 e. The number of benzene rings is 1. The van der Waals surface area contributed by atoms with Gasteiger partial charge in [0.15, 0.2) is 0 Å². The maximum Gasteiger partial charge on any atom is 0.104 e. The van der Waals surface area contributed by atoms with Crippen molar-refractivity contribution in [3.63, 3.8) is 0 Å². The molecule has 3 atom stereocenters. The summed E-state index contributed by atoms with van der Waals surface area (Å²) in [5.74, 6) is 1.36. The van der Waals surface area contributed by atoms with Crippen molar-refractivity contribution in [2.24, 2.45) is 17.6 Å². The van der Waals surface area contributed by atoms with Gasteiger partial charge in [-0.25, -0.2) is 0 Å². The molecule has 3 rings (SSSR count). The standard InChI is InChI=1S/C15H18N2/c16-10-15(17)6-5-13-7-11-3-1-2-4-12(11)8-14(13)9-15/h1-4,13-14H,5-9,17H2/t13-,14+,15-/m1/s1. The van der Waals surface area contributed by atoms with Crippen molar-refractivity contribution in [1.82, 2.24) is 0 Å². The van der Waals surface area contributed by atoms with E-state index in [1.165, 1.54) is 17.5 Å². The van der Waals surface area contributed by atoms with E-state index in [2.05, 4.69) is 30.3 Å². The Hall–Kier alpha value is -1.33. The van der Waals surface area contributed by atoms with E-state index in [0.717, 1.165) is 31.6 Å². The van der Waals surface area contributed by atoms with Gasteiger partial charge >= 0.3 is 0 Å². The molecule has 0 unspecified atom stereocenters. The molecular weight excluding hydrogens is 208 g/mol. The lowest BCUT2D eigenvalue weighted by molar-refractivity contribution is 0.172. The molecule has 0 heterocycles. The summed E-state index contributed by atoms with van der Waals surface area (Å²) >= 11 is 0. The number of fused-ring (bicyclic) bond motifs is 2. The van der Waals surface area contributed by atoms with E-state index < -0.39 is 5.54 Å². The zero-order valence-corrected chi connectivity index (χ0v) is 10.0. The Morgan fingerprint density at radius 1 is 1.18 bits per heavy atom. The molecule has 1 saturated carbocycles. The summed E-state index contributed by atoms with van der Waals surface area (Å²) in [7, 11) is 0. The molecule has 2 aliphatic carbocycles. The molecule has 2 aliphatic rings. The molecule has 0 radical (unpaired) electrons. The van der Waals surface area contributed by atoms with Gasteiger partial charge in [0, 0.05) is 0 Å². The highest BCUT2D eigenvalue weighted by Gasteiger charge is 2.40. The first-order chi connectivity index (χ1) is 8.20. The van der Waals surface area contributed by atoms with Crippen LogP contribution in [0.5, 0.6) is 0 Å². The van der Waals surface area contributed by atoms with Gasteiger partial charge in [0.25, 0.3) is 0 Å². The van der Waals surface area contributed by atoms with Crippen molar-refractivity contribution in [3.8, 4) is 6.07 Å². The van der Waals surface area contributed by atoms with Gasteiger partial charge in [-0.15, -0.1) is 0 Å². The van der Waals surface area contributed by atoms with Crippen LogP contribution in [0.4, 0.5) is 0 Å². The molecule has 1 fully saturated rings. The quantitative estimate of drug-likeness (QED) is 0.738. The average molecular weight is 226 g/mol. The molecule has 0 aromatic heterocycles. The second kappa shape index (κ2) is 3.85. The number of nitriles is 1. The fourth-order valence-electron chi connectivity index (χ4n) is 3.55. The molecule has 2 N–H and O–H groups in total. The SMILES string of the molecule is N#C[C@@]1(N)CC[C@@H]2Cc3ccccc3C[C@H]2C1.